The van der Waals surface area contributed by atoms with Gasteiger partial charge in [-0.25, -0.2) is 4.79 Å². The van der Waals surface area contributed by atoms with Crippen LogP contribution in [0.5, 0.6) is 0 Å². The first kappa shape index (κ1) is 41.9. The molecule has 1 fully saturated rings. The maximum atomic E-state index is 11.8. The molecule has 0 radical (unpaired) electrons. The molecule has 1 unspecified atom stereocenters. The highest BCUT2D eigenvalue weighted by Crippen LogP contribution is 2.21. The summed E-state index contributed by atoms with van der Waals surface area (Å²) in [6.07, 6.45) is 4.41. The number of ether oxygens (including phenoxy) is 1. The summed E-state index contributed by atoms with van der Waals surface area (Å²) >= 11 is 0. The third-order valence-electron chi connectivity index (χ3n) is 3.65. The van der Waals surface area contributed by atoms with E-state index < -0.39 is 5.60 Å². The van der Waals surface area contributed by atoms with Gasteiger partial charge in [0.15, 0.2) is 0 Å². The highest BCUT2D eigenvalue weighted by molar-refractivity contribution is 5.69. The van der Waals surface area contributed by atoms with Crippen molar-refractivity contribution in [2.24, 2.45) is 0 Å². The first-order valence-corrected chi connectivity index (χ1v) is 12.8. The van der Waals surface area contributed by atoms with Gasteiger partial charge in [-0.15, -0.1) is 13.2 Å². The van der Waals surface area contributed by atoms with E-state index in [2.05, 4.69) is 19.7 Å². The standard InChI is InChI=1S/C14H23NO3.C6H6.4C2H6.C2H4/c1-5-11(6-2)10-15-8-7-12(18-13(15)16)9-14(3,4)17;1-2-4-6-5-3-1;5*1-2/h5-6,12,17H,1,7-10H2,2-4H3;1-6H;4*1-2H3;1-2H2/b11-6+;;;;;;. The molecule has 1 saturated heterocycles. The minimum absolute atomic E-state index is 0.188. The van der Waals surface area contributed by atoms with Crippen LogP contribution in [0.25, 0.3) is 0 Å². The molecule has 1 atom stereocenters. The number of carbonyl (C=O) groups excluding carboxylic acids is 1. The minimum Gasteiger partial charge on any atom is -0.446 e. The molecule has 2 rings (SSSR count). The zero-order valence-electron chi connectivity index (χ0n) is 24.4. The Labute approximate surface area is 213 Å². The zero-order chi connectivity index (χ0) is 28.0. The van der Waals surface area contributed by atoms with Crippen molar-refractivity contribution in [2.75, 3.05) is 13.1 Å². The van der Waals surface area contributed by atoms with Gasteiger partial charge in [0.05, 0.1) is 5.60 Å². The van der Waals surface area contributed by atoms with Crippen LogP contribution in [0.1, 0.15) is 89.0 Å². The quantitative estimate of drug-likeness (QED) is 0.338. The number of cyclic esters (lactones) is 1. The topological polar surface area (TPSA) is 49.8 Å². The summed E-state index contributed by atoms with van der Waals surface area (Å²) in [6.45, 7) is 32.3. The molecule has 0 aromatic heterocycles. The Balaban J connectivity index is -0.000000145. The molecule has 1 aromatic carbocycles. The Morgan fingerprint density at radius 3 is 1.65 bits per heavy atom. The van der Waals surface area contributed by atoms with Crippen LogP contribution in [0.15, 0.2) is 73.9 Å². The second kappa shape index (κ2) is 32.8. The summed E-state index contributed by atoms with van der Waals surface area (Å²) in [7, 11) is 0. The number of nitrogens with zero attached hydrogens (tertiary/aromatic N) is 1. The van der Waals surface area contributed by atoms with E-state index in [1.54, 1.807) is 24.8 Å². The van der Waals surface area contributed by atoms with Crippen LogP contribution >= 0.6 is 0 Å². The van der Waals surface area contributed by atoms with Gasteiger partial charge in [-0.1, -0.05) is 111 Å². The van der Waals surface area contributed by atoms with Crippen molar-refractivity contribution in [1.82, 2.24) is 4.90 Å². The number of allylic oxidation sites excluding steroid dienone is 1. The largest absolute Gasteiger partial charge is 0.446 e. The highest BCUT2D eigenvalue weighted by Gasteiger charge is 2.30. The molecule has 4 nitrogen and oxygen atoms in total. The van der Waals surface area contributed by atoms with Crippen LogP contribution in [0, 0.1) is 0 Å². The van der Waals surface area contributed by atoms with Crippen LogP contribution < -0.4 is 0 Å². The van der Waals surface area contributed by atoms with Gasteiger partial charge in [0.2, 0.25) is 0 Å². The lowest BCUT2D eigenvalue weighted by molar-refractivity contribution is -0.0234. The van der Waals surface area contributed by atoms with E-state index in [0.717, 1.165) is 12.0 Å². The molecular weight excluding hydrogens is 422 g/mol. The maximum absolute atomic E-state index is 11.8. The van der Waals surface area contributed by atoms with Crippen molar-refractivity contribution >= 4 is 6.09 Å². The monoisotopic (exact) mass is 479 g/mol. The van der Waals surface area contributed by atoms with E-state index in [4.69, 9.17) is 4.74 Å². The predicted molar refractivity (Wildman–Crippen MR) is 154 cm³/mol. The Morgan fingerprint density at radius 2 is 1.38 bits per heavy atom. The minimum atomic E-state index is -0.803. The third-order valence-corrected chi connectivity index (χ3v) is 3.65. The van der Waals surface area contributed by atoms with Crippen molar-refractivity contribution in [1.29, 1.82) is 0 Å². The third kappa shape index (κ3) is 27.7. The predicted octanol–water partition coefficient (Wildman–Crippen LogP) is 9.08. The highest BCUT2D eigenvalue weighted by atomic mass is 16.6. The maximum Gasteiger partial charge on any atom is 0.410 e. The number of hydrogen-bond acceptors (Lipinski definition) is 3. The number of hydrogen-bond donors (Lipinski definition) is 1. The van der Waals surface area contributed by atoms with Gasteiger partial charge in [0.1, 0.15) is 6.10 Å². The molecule has 0 bridgehead atoms. The molecule has 34 heavy (non-hydrogen) atoms. The average molecular weight is 480 g/mol. The van der Waals surface area contributed by atoms with Crippen LogP contribution in [0.3, 0.4) is 0 Å². The molecule has 0 spiro atoms. The molecular formula is C30H57NO3. The van der Waals surface area contributed by atoms with Gasteiger partial charge in [0.25, 0.3) is 0 Å². The van der Waals surface area contributed by atoms with Gasteiger partial charge in [-0.05, 0) is 26.3 Å². The normalized spacial score (nSPS) is 13.8. The molecule has 1 aliphatic heterocycles. The zero-order valence-corrected chi connectivity index (χ0v) is 24.4. The van der Waals surface area contributed by atoms with E-state index in [1.165, 1.54) is 0 Å². The lowest BCUT2D eigenvalue weighted by Gasteiger charge is -2.34. The molecule has 1 amide bonds. The Morgan fingerprint density at radius 1 is 1.00 bits per heavy atom. The SMILES string of the molecule is C=C.C=C/C(=C\C)CN1CCC(CC(C)(C)O)OC1=O.CC.CC.CC.CC.c1ccccc1. The molecule has 200 valence electrons. The Kier molecular flexibility index (Phi) is 40.5. The van der Waals surface area contributed by atoms with E-state index in [0.29, 0.717) is 19.5 Å². The van der Waals surface area contributed by atoms with E-state index in [1.807, 2.05) is 105 Å². The molecule has 1 heterocycles. The number of carbonyl (C=O) groups is 1. The van der Waals surface area contributed by atoms with Crippen LogP contribution in [-0.4, -0.2) is 40.9 Å². The number of aliphatic hydroxyl groups is 1. The number of rotatable bonds is 5. The molecule has 4 heteroatoms. The summed E-state index contributed by atoms with van der Waals surface area (Å²) in [5.74, 6) is 0. The van der Waals surface area contributed by atoms with Gasteiger partial charge in [-0.3, -0.25) is 0 Å². The molecule has 1 N–H and O–H groups in total. The van der Waals surface area contributed by atoms with Crippen LogP contribution in [0.4, 0.5) is 4.79 Å². The molecule has 0 saturated carbocycles. The van der Waals surface area contributed by atoms with Crippen molar-refractivity contribution in [3.63, 3.8) is 0 Å². The summed E-state index contributed by atoms with van der Waals surface area (Å²) in [6, 6.07) is 12.0. The average Bonchev–Trinajstić information content (AvgIpc) is 2.90. The number of amides is 1. The fourth-order valence-electron chi connectivity index (χ4n) is 2.39. The van der Waals surface area contributed by atoms with Gasteiger partial charge in [0, 0.05) is 25.9 Å². The van der Waals surface area contributed by atoms with Crippen molar-refractivity contribution in [2.45, 2.75) is 101 Å². The Hall–Kier alpha value is -2.33. The Bertz CT molecular complexity index is 521. The number of benzene rings is 1. The van der Waals surface area contributed by atoms with Crippen LogP contribution in [0.2, 0.25) is 0 Å². The lowest BCUT2D eigenvalue weighted by atomic mass is 9.98. The van der Waals surface area contributed by atoms with Gasteiger partial charge >= 0.3 is 6.09 Å². The van der Waals surface area contributed by atoms with Gasteiger partial charge in [-0.2, -0.15) is 0 Å². The molecule has 1 aromatic rings. The van der Waals surface area contributed by atoms with Crippen molar-refractivity contribution in [3.8, 4) is 0 Å². The van der Waals surface area contributed by atoms with E-state index in [9.17, 15) is 9.90 Å². The van der Waals surface area contributed by atoms with Crippen molar-refractivity contribution in [3.05, 3.63) is 73.9 Å². The van der Waals surface area contributed by atoms with E-state index >= 15 is 0 Å². The second-order valence-electron chi connectivity index (χ2n) is 6.45. The summed E-state index contributed by atoms with van der Waals surface area (Å²) < 4.78 is 5.33. The van der Waals surface area contributed by atoms with Gasteiger partial charge < -0.3 is 14.7 Å². The fraction of sp³-hybridized carbons (Fsp3) is 0.567. The van der Waals surface area contributed by atoms with E-state index in [-0.39, 0.29) is 12.2 Å². The van der Waals surface area contributed by atoms with Crippen molar-refractivity contribution < 1.29 is 14.6 Å². The first-order chi connectivity index (χ1) is 16.4. The smallest absolute Gasteiger partial charge is 0.410 e. The lowest BCUT2D eigenvalue weighted by Crippen LogP contribution is -2.44. The fourth-order valence-corrected chi connectivity index (χ4v) is 2.39. The summed E-state index contributed by atoms with van der Waals surface area (Å²) in [4.78, 5) is 13.5. The second-order valence-corrected chi connectivity index (χ2v) is 6.45. The summed E-state index contributed by atoms with van der Waals surface area (Å²) in [5, 5.41) is 9.72. The molecule has 0 aliphatic carbocycles. The van der Waals surface area contributed by atoms with Crippen LogP contribution in [-0.2, 0) is 4.74 Å². The summed E-state index contributed by atoms with van der Waals surface area (Å²) in [5.41, 5.74) is 0.204. The molecule has 1 aliphatic rings. The first-order valence-electron chi connectivity index (χ1n) is 12.8.